The van der Waals surface area contributed by atoms with Crippen LogP contribution in [0.5, 0.6) is 0 Å². The summed E-state index contributed by atoms with van der Waals surface area (Å²) in [6.45, 7) is 1.45. The maximum absolute atomic E-state index is 12.4. The molecule has 0 atom stereocenters. The monoisotopic (exact) mass is 447 g/mol. The lowest BCUT2D eigenvalue weighted by molar-refractivity contribution is -0.144. The van der Waals surface area contributed by atoms with Crippen molar-refractivity contribution in [3.63, 3.8) is 0 Å². The molecule has 3 aromatic rings. The first kappa shape index (κ1) is 23.9. The molecule has 170 valence electrons. The summed E-state index contributed by atoms with van der Waals surface area (Å²) in [5.74, 6) is -0.347. The second-order valence-corrected chi connectivity index (χ2v) is 7.23. The first-order valence-corrected chi connectivity index (χ1v) is 10.5. The fourth-order valence-corrected chi connectivity index (χ4v) is 3.15. The van der Waals surface area contributed by atoms with E-state index in [4.69, 9.17) is 19.5 Å². The number of methoxy groups -OCH3 is 1. The van der Waals surface area contributed by atoms with Gasteiger partial charge in [-0.05, 0) is 29.3 Å². The van der Waals surface area contributed by atoms with Crippen LogP contribution in [0.1, 0.15) is 22.4 Å². The summed E-state index contributed by atoms with van der Waals surface area (Å²) in [6.07, 6.45) is 2.01. The van der Waals surface area contributed by atoms with E-state index in [0.717, 1.165) is 11.1 Å². The molecule has 8 nitrogen and oxygen atoms in total. The molecule has 0 bridgehead atoms. The summed E-state index contributed by atoms with van der Waals surface area (Å²) in [6, 6.07) is 18.0. The first-order valence-electron chi connectivity index (χ1n) is 10.5. The third-order valence-corrected chi connectivity index (χ3v) is 4.75. The Morgan fingerprint density at radius 2 is 1.82 bits per heavy atom. The molecular formula is C25H25N3O5. The van der Waals surface area contributed by atoms with Crippen molar-refractivity contribution in [2.24, 2.45) is 0 Å². The summed E-state index contributed by atoms with van der Waals surface area (Å²) in [5.41, 5.74) is 3.04. The average Bonchev–Trinajstić information content (AvgIpc) is 2.83. The average molecular weight is 447 g/mol. The summed E-state index contributed by atoms with van der Waals surface area (Å²) < 4.78 is 16.9. The molecule has 8 heteroatoms. The van der Waals surface area contributed by atoms with Gasteiger partial charge in [-0.15, -0.1) is 0 Å². The highest BCUT2D eigenvalue weighted by Gasteiger charge is 2.09. The molecule has 1 aromatic heterocycles. The molecule has 0 amide bonds. The van der Waals surface area contributed by atoms with Crippen molar-refractivity contribution in [1.29, 1.82) is 5.26 Å². The fraction of sp³-hybridized carbons (Fsp3) is 0.280. The molecule has 0 aliphatic rings. The third kappa shape index (κ3) is 7.38. The molecule has 0 aliphatic heterocycles. The highest BCUT2D eigenvalue weighted by Crippen LogP contribution is 2.12. The summed E-state index contributed by atoms with van der Waals surface area (Å²) in [4.78, 5) is 24.5. The molecule has 0 saturated carbocycles. The molecular weight excluding hydrogens is 422 g/mol. The van der Waals surface area contributed by atoms with Crippen LogP contribution in [0.4, 0.5) is 0 Å². The largest absolute Gasteiger partial charge is 0.463 e. The van der Waals surface area contributed by atoms with Crippen molar-refractivity contribution in [3.8, 4) is 11.8 Å². The van der Waals surface area contributed by atoms with Gasteiger partial charge in [0, 0.05) is 25.8 Å². The van der Waals surface area contributed by atoms with E-state index in [1.807, 2.05) is 30.3 Å². The first-order chi connectivity index (χ1) is 16.1. The van der Waals surface area contributed by atoms with E-state index in [0.29, 0.717) is 43.2 Å². The van der Waals surface area contributed by atoms with Gasteiger partial charge in [0.1, 0.15) is 12.3 Å². The smallest absolute Gasteiger partial charge is 0.310 e. The molecule has 0 spiro atoms. The van der Waals surface area contributed by atoms with Crippen LogP contribution in [0.15, 0.2) is 65.6 Å². The zero-order valence-electron chi connectivity index (χ0n) is 18.4. The molecule has 0 N–H and O–H groups in total. The molecule has 0 saturated heterocycles. The second-order valence-electron chi connectivity index (χ2n) is 7.23. The van der Waals surface area contributed by atoms with Gasteiger partial charge in [-0.2, -0.15) is 10.4 Å². The SMILES string of the molecule is COCCOCCOC(=O)Cc1cccc(Cc2nn(-c3cccc(C#N)c3)ccc2=O)c1. The van der Waals surface area contributed by atoms with Crippen LogP contribution in [0, 0.1) is 11.3 Å². The molecule has 0 aliphatic carbocycles. The molecule has 3 rings (SSSR count). The summed E-state index contributed by atoms with van der Waals surface area (Å²) >= 11 is 0. The highest BCUT2D eigenvalue weighted by atomic mass is 16.6. The Balaban J connectivity index is 1.63. The maximum Gasteiger partial charge on any atom is 0.310 e. The van der Waals surface area contributed by atoms with Crippen molar-refractivity contribution in [2.45, 2.75) is 12.8 Å². The van der Waals surface area contributed by atoms with Crippen LogP contribution in [-0.2, 0) is 31.8 Å². The number of esters is 1. The Morgan fingerprint density at radius 3 is 2.64 bits per heavy atom. The van der Waals surface area contributed by atoms with E-state index in [-0.39, 0.29) is 24.4 Å². The number of aromatic nitrogens is 2. The number of hydrogen-bond donors (Lipinski definition) is 0. The van der Waals surface area contributed by atoms with Gasteiger partial charge in [0.2, 0.25) is 5.43 Å². The Kier molecular flexibility index (Phi) is 8.88. The standard InChI is InChI=1S/C25H25N3O5/c1-31-10-11-32-12-13-33-25(30)17-20-5-2-4-19(14-20)16-23-24(29)8-9-28(27-23)22-7-3-6-21(15-22)18-26/h2-9,14-15H,10-13,16-17H2,1H3. The number of rotatable bonds is 11. The van der Waals surface area contributed by atoms with Gasteiger partial charge in [-0.3, -0.25) is 9.59 Å². The lowest BCUT2D eigenvalue weighted by Crippen LogP contribution is -2.16. The minimum atomic E-state index is -0.347. The number of ether oxygens (including phenoxy) is 3. The van der Waals surface area contributed by atoms with Gasteiger partial charge in [0.05, 0.1) is 43.6 Å². The van der Waals surface area contributed by atoms with Crippen LogP contribution in [0.3, 0.4) is 0 Å². The molecule has 0 radical (unpaired) electrons. The Labute approximate surface area is 192 Å². The van der Waals surface area contributed by atoms with E-state index in [9.17, 15) is 9.59 Å². The lowest BCUT2D eigenvalue weighted by Gasteiger charge is -2.09. The predicted molar refractivity (Wildman–Crippen MR) is 121 cm³/mol. The topological polar surface area (TPSA) is 103 Å². The maximum atomic E-state index is 12.4. The minimum Gasteiger partial charge on any atom is -0.463 e. The van der Waals surface area contributed by atoms with E-state index >= 15 is 0 Å². The van der Waals surface area contributed by atoms with Gasteiger partial charge in [0.25, 0.3) is 0 Å². The third-order valence-electron chi connectivity index (χ3n) is 4.75. The zero-order chi connectivity index (χ0) is 23.5. The van der Waals surface area contributed by atoms with E-state index < -0.39 is 0 Å². The van der Waals surface area contributed by atoms with Crippen molar-refractivity contribution in [1.82, 2.24) is 9.78 Å². The molecule has 0 fully saturated rings. The number of benzene rings is 2. The van der Waals surface area contributed by atoms with Gasteiger partial charge >= 0.3 is 5.97 Å². The number of carbonyl (C=O) groups excluding carboxylic acids is 1. The quantitative estimate of drug-likeness (QED) is 0.328. The van der Waals surface area contributed by atoms with Gasteiger partial charge < -0.3 is 14.2 Å². The van der Waals surface area contributed by atoms with Gasteiger partial charge in [0.15, 0.2) is 0 Å². The second kappa shape index (κ2) is 12.3. The van der Waals surface area contributed by atoms with Crippen molar-refractivity contribution in [3.05, 3.63) is 93.4 Å². The van der Waals surface area contributed by atoms with Crippen molar-refractivity contribution in [2.75, 3.05) is 33.5 Å². The fourth-order valence-electron chi connectivity index (χ4n) is 3.15. The number of carbonyl (C=O) groups is 1. The van der Waals surface area contributed by atoms with E-state index in [1.165, 1.54) is 6.07 Å². The predicted octanol–water partition coefficient (Wildman–Crippen LogP) is 2.44. The van der Waals surface area contributed by atoms with Crippen molar-refractivity contribution >= 4 is 5.97 Å². The normalized spacial score (nSPS) is 10.5. The molecule has 33 heavy (non-hydrogen) atoms. The highest BCUT2D eigenvalue weighted by molar-refractivity contribution is 5.72. The van der Waals surface area contributed by atoms with Crippen LogP contribution >= 0.6 is 0 Å². The van der Waals surface area contributed by atoms with Crippen LogP contribution in [-0.4, -0.2) is 49.3 Å². The Hall–Kier alpha value is -3.80. The van der Waals surface area contributed by atoms with Gasteiger partial charge in [-0.25, -0.2) is 4.68 Å². The minimum absolute atomic E-state index is 0.124. The van der Waals surface area contributed by atoms with Crippen LogP contribution < -0.4 is 5.43 Å². The lowest BCUT2D eigenvalue weighted by atomic mass is 10.0. The van der Waals surface area contributed by atoms with Crippen LogP contribution in [0.25, 0.3) is 5.69 Å². The summed E-state index contributed by atoms with van der Waals surface area (Å²) in [5, 5.41) is 13.6. The molecule has 0 unspecified atom stereocenters. The van der Waals surface area contributed by atoms with E-state index in [2.05, 4.69) is 11.2 Å². The van der Waals surface area contributed by atoms with Crippen molar-refractivity contribution < 1.29 is 19.0 Å². The molecule has 2 aromatic carbocycles. The van der Waals surface area contributed by atoms with Crippen LogP contribution in [0.2, 0.25) is 0 Å². The van der Waals surface area contributed by atoms with Gasteiger partial charge in [-0.1, -0.05) is 30.3 Å². The number of nitriles is 1. The molecule has 1 heterocycles. The zero-order valence-corrected chi connectivity index (χ0v) is 18.4. The Bertz CT molecular complexity index is 1180. The summed E-state index contributed by atoms with van der Waals surface area (Å²) in [7, 11) is 1.59. The number of hydrogen-bond acceptors (Lipinski definition) is 7. The number of nitrogens with zero attached hydrogens (tertiary/aromatic N) is 3. The van der Waals surface area contributed by atoms with E-state index in [1.54, 1.807) is 36.2 Å². The Morgan fingerprint density at radius 1 is 1.03 bits per heavy atom.